The zero-order chi connectivity index (χ0) is 12.5. The number of nitrogens with zero attached hydrogens (tertiary/aromatic N) is 1. The summed E-state index contributed by atoms with van der Waals surface area (Å²) in [5.74, 6) is -0.955. The summed E-state index contributed by atoms with van der Waals surface area (Å²) >= 11 is 0. The van der Waals surface area contributed by atoms with Crippen molar-refractivity contribution in [1.29, 1.82) is 0 Å². The molecular formula is C13H16FNO2. The van der Waals surface area contributed by atoms with Crippen LogP contribution in [0.3, 0.4) is 0 Å². The molecule has 1 N–H and O–H groups in total. The molecule has 0 spiro atoms. The average Bonchev–Trinajstić information content (AvgIpc) is 3.02. The van der Waals surface area contributed by atoms with Crippen LogP contribution in [0.5, 0.6) is 0 Å². The first kappa shape index (κ1) is 12.0. The fraction of sp³-hybridized carbons (Fsp3) is 0.462. The molecule has 0 atom stereocenters. The molecule has 0 heterocycles. The van der Waals surface area contributed by atoms with Gasteiger partial charge in [0.25, 0.3) is 0 Å². The lowest BCUT2D eigenvalue weighted by Gasteiger charge is -2.20. The molecule has 1 aliphatic carbocycles. The van der Waals surface area contributed by atoms with E-state index in [2.05, 4.69) is 0 Å². The number of aliphatic carboxylic acids is 1. The molecule has 4 heteroatoms. The second-order valence-electron chi connectivity index (χ2n) is 4.88. The highest BCUT2D eigenvalue weighted by Crippen LogP contribution is 2.46. The Kier molecular flexibility index (Phi) is 3.15. The highest BCUT2D eigenvalue weighted by molar-refractivity contribution is 5.78. The van der Waals surface area contributed by atoms with Gasteiger partial charge in [0, 0.05) is 13.1 Å². The highest BCUT2D eigenvalue weighted by atomic mass is 19.1. The maximum absolute atomic E-state index is 12.7. The van der Waals surface area contributed by atoms with Crippen LogP contribution in [-0.4, -0.2) is 29.6 Å². The number of carboxylic acids is 1. The SMILES string of the molecule is CN(Cc1ccc(F)cc1)CC1(C(=O)O)CC1. The van der Waals surface area contributed by atoms with E-state index in [0.717, 1.165) is 18.4 Å². The van der Waals surface area contributed by atoms with Crippen LogP contribution in [0.1, 0.15) is 18.4 Å². The number of halogens is 1. The number of hydrogen-bond acceptors (Lipinski definition) is 2. The molecule has 0 aliphatic heterocycles. The summed E-state index contributed by atoms with van der Waals surface area (Å²) in [5, 5.41) is 9.08. The van der Waals surface area contributed by atoms with Crippen molar-refractivity contribution in [2.45, 2.75) is 19.4 Å². The smallest absolute Gasteiger partial charge is 0.310 e. The van der Waals surface area contributed by atoms with Crippen LogP contribution in [0.4, 0.5) is 4.39 Å². The molecule has 0 unspecified atom stereocenters. The van der Waals surface area contributed by atoms with Gasteiger partial charge in [-0.25, -0.2) is 4.39 Å². The topological polar surface area (TPSA) is 40.5 Å². The van der Waals surface area contributed by atoms with Gasteiger partial charge in [0.05, 0.1) is 5.41 Å². The Morgan fingerprint density at radius 3 is 2.47 bits per heavy atom. The summed E-state index contributed by atoms with van der Waals surface area (Å²) in [4.78, 5) is 13.0. The van der Waals surface area contributed by atoms with E-state index in [0.29, 0.717) is 13.1 Å². The maximum atomic E-state index is 12.7. The lowest BCUT2D eigenvalue weighted by molar-refractivity contribution is -0.144. The van der Waals surface area contributed by atoms with Gasteiger partial charge >= 0.3 is 5.97 Å². The number of carbonyl (C=O) groups is 1. The first-order chi connectivity index (χ1) is 8.02. The summed E-state index contributed by atoms with van der Waals surface area (Å²) in [6.07, 6.45) is 1.52. The van der Waals surface area contributed by atoms with Gasteiger partial charge in [0.15, 0.2) is 0 Å². The standard InChI is InChI=1S/C13H16FNO2/c1-15(9-13(6-7-13)12(16)17)8-10-2-4-11(14)5-3-10/h2-5H,6-9H2,1H3,(H,16,17). The monoisotopic (exact) mass is 237 g/mol. The Balaban J connectivity index is 1.91. The molecular weight excluding hydrogens is 221 g/mol. The van der Waals surface area contributed by atoms with Crippen LogP contribution in [0.15, 0.2) is 24.3 Å². The second kappa shape index (κ2) is 4.45. The van der Waals surface area contributed by atoms with E-state index >= 15 is 0 Å². The van der Waals surface area contributed by atoms with Gasteiger partial charge in [-0.3, -0.25) is 4.79 Å². The molecule has 1 aromatic rings. The number of rotatable bonds is 5. The minimum absolute atomic E-state index is 0.249. The summed E-state index contributed by atoms with van der Waals surface area (Å²) < 4.78 is 12.7. The maximum Gasteiger partial charge on any atom is 0.310 e. The highest BCUT2D eigenvalue weighted by Gasteiger charge is 2.50. The lowest BCUT2D eigenvalue weighted by Crippen LogP contribution is -2.31. The van der Waals surface area contributed by atoms with Gasteiger partial charge in [-0.1, -0.05) is 12.1 Å². The van der Waals surface area contributed by atoms with Gasteiger partial charge in [-0.15, -0.1) is 0 Å². The molecule has 0 radical (unpaired) electrons. The van der Waals surface area contributed by atoms with Crippen molar-refractivity contribution in [3.63, 3.8) is 0 Å². The third kappa shape index (κ3) is 2.82. The molecule has 92 valence electrons. The van der Waals surface area contributed by atoms with E-state index in [-0.39, 0.29) is 5.82 Å². The molecule has 2 rings (SSSR count). The van der Waals surface area contributed by atoms with E-state index in [1.165, 1.54) is 12.1 Å². The van der Waals surface area contributed by atoms with Gasteiger partial charge in [-0.2, -0.15) is 0 Å². The largest absolute Gasteiger partial charge is 0.481 e. The Morgan fingerprint density at radius 1 is 1.41 bits per heavy atom. The molecule has 1 fully saturated rings. The fourth-order valence-electron chi connectivity index (χ4n) is 2.06. The van der Waals surface area contributed by atoms with Gasteiger partial charge in [0.1, 0.15) is 5.82 Å². The molecule has 0 amide bonds. The van der Waals surface area contributed by atoms with Crippen LogP contribution < -0.4 is 0 Å². The van der Waals surface area contributed by atoms with Gasteiger partial charge < -0.3 is 10.0 Å². The number of carboxylic acid groups (broad SMARTS) is 1. The zero-order valence-corrected chi connectivity index (χ0v) is 9.82. The van der Waals surface area contributed by atoms with E-state index in [1.807, 2.05) is 11.9 Å². The minimum Gasteiger partial charge on any atom is -0.481 e. The first-order valence-corrected chi connectivity index (χ1v) is 5.68. The Hall–Kier alpha value is -1.42. The summed E-state index contributed by atoms with van der Waals surface area (Å²) in [5.41, 5.74) is 0.462. The van der Waals surface area contributed by atoms with E-state index in [4.69, 9.17) is 5.11 Å². The van der Waals surface area contributed by atoms with Crippen molar-refractivity contribution in [2.75, 3.05) is 13.6 Å². The van der Waals surface area contributed by atoms with Crippen molar-refractivity contribution >= 4 is 5.97 Å². The average molecular weight is 237 g/mol. The van der Waals surface area contributed by atoms with Crippen LogP contribution in [0.2, 0.25) is 0 Å². The van der Waals surface area contributed by atoms with E-state index in [1.54, 1.807) is 12.1 Å². The molecule has 0 bridgehead atoms. The summed E-state index contributed by atoms with van der Waals surface area (Å²) in [6.45, 7) is 1.20. The summed E-state index contributed by atoms with van der Waals surface area (Å²) in [7, 11) is 1.90. The third-order valence-electron chi connectivity index (χ3n) is 3.25. The summed E-state index contributed by atoms with van der Waals surface area (Å²) in [6, 6.07) is 6.30. The molecule has 1 aromatic carbocycles. The predicted octanol–water partition coefficient (Wildman–Crippen LogP) is 2.12. The first-order valence-electron chi connectivity index (χ1n) is 5.68. The Morgan fingerprint density at radius 2 is 2.00 bits per heavy atom. The molecule has 0 aromatic heterocycles. The lowest BCUT2D eigenvalue weighted by atomic mass is 10.1. The zero-order valence-electron chi connectivity index (χ0n) is 9.82. The normalized spacial score (nSPS) is 17.1. The molecule has 17 heavy (non-hydrogen) atoms. The minimum atomic E-state index is -0.705. The van der Waals surface area contributed by atoms with Gasteiger partial charge in [0.2, 0.25) is 0 Å². The molecule has 1 saturated carbocycles. The predicted molar refractivity (Wildman–Crippen MR) is 62.0 cm³/mol. The van der Waals surface area contributed by atoms with Crippen molar-refractivity contribution in [1.82, 2.24) is 4.90 Å². The quantitative estimate of drug-likeness (QED) is 0.852. The van der Waals surface area contributed by atoms with Crippen LogP contribution in [0.25, 0.3) is 0 Å². The van der Waals surface area contributed by atoms with Crippen molar-refractivity contribution < 1.29 is 14.3 Å². The van der Waals surface area contributed by atoms with Crippen molar-refractivity contribution in [3.8, 4) is 0 Å². The van der Waals surface area contributed by atoms with Crippen molar-refractivity contribution in [2.24, 2.45) is 5.41 Å². The van der Waals surface area contributed by atoms with E-state index in [9.17, 15) is 9.18 Å². The van der Waals surface area contributed by atoms with Gasteiger partial charge in [-0.05, 0) is 37.6 Å². The van der Waals surface area contributed by atoms with Crippen LogP contribution >= 0.6 is 0 Å². The van der Waals surface area contributed by atoms with E-state index < -0.39 is 11.4 Å². The third-order valence-corrected chi connectivity index (χ3v) is 3.25. The number of benzene rings is 1. The Labute approximate surface area is 99.9 Å². The molecule has 1 aliphatic rings. The number of hydrogen-bond donors (Lipinski definition) is 1. The second-order valence-corrected chi connectivity index (χ2v) is 4.88. The molecule has 3 nitrogen and oxygen atoms in total. The molecule has 0 saturated heterocycles. The Bertz CT molecular complexity index is 412. The van der Waals surface area contributed by atoms with Crippen LogP contribution in [-0.2, 0) is 11.3 Å². The van der Waals surface area contributed by atoms with Crippen LogP contribution in [0, 0.1) is 11.2 Å². The van der Waals surface area contributed by atoms with Crippen molar-refractivity contribution in [3.05, 3.63) is 35.6 Å². The fourth-order valence-corrected chi connectivity index (χ4v) is 2.06.